The number of rotatable bonds is 4. The van der Waals surface area contributed by atoms with Gasteiger partial charge < -0.3 is 10.2 Å². The summed E-state index contributed by atoms with van der Waals surface area (Å²) in [5.74, 6) is 0.614. The number of nitrogens with zero attached hydrogens (tertiary/aromatic N) is 7. The van der Waals surface area contributed by atoms with Gasteiger partial charge in [-0.25, -0.2) is 9.67 Å². The van der Waals surface area contributed by atoms with Crippen LogP contribution in [-0.2, 0) is 0 Å². The number of hydrogen-bond acceptors (Lipinski definition) is 6. The van der Waals surface area contributed by atoms with Crippen LogP contribution in [0.5, 0.6) is 0 Å². The fraction of sp³-hybridized carbons (Fsp3) is 0.250. The highest BCUT2D eigenvalue weighted by Crippen LogP contribution is 2.21. The molecule has 4 heterocycles. The summed E-state index contributed by atoms with van der Waals surface area (Å²) < 4.78 is 3.58. The topological polar surface area (TPSA) is 93.2 Å². The maximum absolute atomic E-state index is 12.7. The number of carbonyl (C=O) groups excluding carboxylic acids is 1. The second-order valence-corrected chi connectivity index (χ2v) is 7.15. The molecule has 1 fully saturated rings. The molecule has 0 saturated carbocycles. The van der Waals surface area contributed by atoms with Crippen molar-refractivity contribution in [1.29, 1.82) is 0 Å². The van der Waals surface area contributed by atoms with Gasteiger partial charge in [-0.15, -0.1) is 10.2 Å². The van der Waals surface area contributed by atoms with Gasteiger partial charge in [0.25, 0.3) is 5.91 Å². The summed E-state index contributed by atoms with van der Waals surface area (Å²) in [6, 6.07) is 9.71. The molecule has 0 aliphatic carbocycles. The number of fused-ring (bicyclic) bond motifs is 1. The molecule has 1 unspecified atom stereocenters. The molecule has 1 saturated heterocycles. The lowest BCUT2D eigenvalue weighted by Gasteiger charge is -2.17. The molecule has 1 aromatic carbocycles. The lowest BCUT2D eigenvalue weighted by molar-refractivity contribution is 0.0935. The minimum absolute atomic E-state index is 0.0242. The monoisotopic (exact) mass is 388 g/mol. The normalized spacial score (nSPS) is 16.4. The van der Waals surface area contributed by atoms with Crippen LogP contribution < -0.4 is 10.2 Å². The van der Waals surface area contributed by atoms with Gasteiger partial charge in [-0.2, -0.15) is 5.10 Å². The van der Waals surface area contributed by atoms with E-state index in [1.54, 1.807) is 23.3 Å². The average molecular weight is 388 g/mol. The highest BCUT2D eigenvalue weighted by Gasteiger charge is 2.27. The van der Waals surface area contributed by atoms with Crippen LogP contribution >= 0.6 is 0 Å². The van der Waals surface area contributed by atoms with E-state index in [0.29, 0.717) is 12.2 Å². The number of amides is 1. The van der Waals surface area contributed by atoms with Crippen molar-refractivity contribution in [1.82, 2.24) is 34.7 Å². The zero-order valence-corrected chi connectivity index (χ0v) is 15.9. The average Bonchev–Trinajstić information content (AvgIpc) is 3.48. The quantitative estimate of drug-likeness (QED) is 0.571. The maximum Gasteiger partial charge on any atom is 0.272 e. The Morgan fingerprint density at radius 2 is 2.10 bits per heavy atom. The third kappa shape index (κ3) is 3.20. The summed E-state index contributed by atoms with van der Waals surface area (Å²) in [6.07, 6.45) is 7.85. The molecule has 146 valence electrons. The van der Waals surface area contributed by atoms with Gasteiger partial charge in [-0.1, -0.05) is 18.2 Å². The largest absolute Gasteiger partial charge is 0.351 e. The van der Waals surface area contributed by atoms with Crippen molar-refractivity contribution in [2.24, 2.45) is 0 Å². The first-order valence-electron chi connectivity index (χ1n) is 9.51. The minimum Gasteiger partial charge on any atom is -0.351 e. The molecule has 3 aromatic heterocycles. The molecule has 1 N–H and O–H groups in total. The Bertz CT molecular complexity index is 1180. The predicted molar refractivity (Wildman–Crippen MR) is 107 cm³/mol. The van der Waals surface area contributed by atoms with E-state index in [0.717, 1.165) is 35.7 Å². The van der Waals surface area contributed by atoms with Crippen LogP contribution in [0.2, 0.25) is 0 Å². The standard InChI is InChI=1S/C20H20N8O/c1-14-4-2-3-5-17(14)28-10-7-16(25-28)20(29)23-15-6-9-26(12-15)18-19-24-22-13-27(19)11-8-21-18/h2-5,7-8,10-11,13,15H,6,9,12H2,1H3,(H,23,29). The molecule has 9 heteroatoms. The summed E-state index contributed by atoms with van der Waals surface area (Å²) in [6.45, 7) is 3.49. The summed E-state index contributed by atoms with van der Waals surface area (Å²) in [5.41, 5.74) is 3.19. The summed E-state index contributed by atoms with van der Waals surface area (Å²) >= 11 is 0. The Kier molecular flexibility index (Phi) is 4.19. The lowest BCUT2D eigenvalue weighted by Crippen LogP contribution is -2.37. The van der Waals surface area contributed by atoms with Crippen LogP contribution in [0, 0.1) is 6.92 Å². The van der Waals surface area contributed by atoms with Crippen molar-refractivity contribution in [3.63, 3.8) is 0 Å². The van der Waals surface area contributed by atoms with Crippen LogP contribution in [0.15, 0.2) is 55.2 Å². The first-order valence-corrected chi connectivity index (χ1v) is 9.51. The molecule has 5 rings (SSSR count). The molecule has 1 aliphatic heterocycles. The number of anilines is 1. The van der Waals surface area contributed by atoms with Crippen molar-refractivity contribution in [3.05, 3.63) is 66.5 Å². The van der Waals surface area contributed by atoms with Gasteiger partial charge in [0.1, 0.15) is 6.33 Å². The second kappa shape index (κ2) is 7.01. The van der Waals surface area contributed by atoms with E-state index in [9.17, 15) is 4.79 Å². The molecule has 1 aliphatic rings. The first kappa shape index (κ1) is 17.4. The summed E-state index contributed by atoms with van der Waals surface area (Å²) in [5, 5.41) is 15.6. The zero-order chi connectivity index (χ0) is 19.8. The number of aryl methyl sites for hydroxylation is 1. The predicted octanol–water partition coefficient (Wildman–Crippen LogP) is 1.63. The third-order valence-electron chi connectivity index (χ3n) is 5.20. The van der Waals surface area contributed by atoms with Crippen LogP contribution in [0.1, 0.15) is 22.5 Å². The molecule has 1 atom stereocenters. The molecule has 0 radical (unpaired) electrons. The summed E-state index contributed by atoms with van der Waals surface area (Å²) in [4.78, 5) is 19.3. The number of hydrogen-bond donors (Lipinski definition) is 1. The molecular formula is C20H20N8O. The minimum atomic E-state index is -0.169. The number of nitrogens with one attached hydrogen (secondary N) is 1. The Balaban J connectivity index is 1.28. The Morgan fingerprint density at radius 1 is 1.21 bits per heavy atom. The van der Waals surface area contributed by atoms with Gasteiger partial charge in [0.2, 0.25) is 5.65 Å². The van der Waals surface area contributed by atoms with Gasteiger partial charge in [-0.3, -0.25) is 9.20 Å². The van der Waals surface area contributed by atoms with Gasteiger partial charge >= 0.3 is 0 Å². The van der Waals surface area contributed by atoms with Gasteiger partial charge in [0.05, 0.1) is 5.69 Å². The van der Waals surface area contributed by atoms with E-state index in [4.69, 9.17) is 0 Å². The maximum atomic E-state index is 12.7. The highest BCUT2D eigenvalue weighted by atomic mass is 16.2. The van der Waals surface area contributed by atoms with Crippen molar-refractivity contribution < 1.29 is 4.79 Å². The smallest absolute Gasteiger partial charge is 0.272 e. The third-order valence-corrected chi connectivity index (χ3v) is 5.20. The highest BCUT2D eigenvalue weighted by molar-refractivity contribution is 5.92. The molecule has 4 aromatic rings. The molecular weight excluding hydrogens is 368 g/mol. The Morgan fingerprint density at radius 3 is 3.00 bits per heavy atom. The van der Waals surface area contributed by atoms with E-state index in [-0.39, 0.29) is 11.9 Å². The van der Waals surface area contributed by atoms with E-state index in [1.165, 1.54) is 0 Å². The number of para-hydroxylation sites is 1. The number of carbonyl (C=O) groups is 1. The van der Waals surface area contributed by atoms with Crippen LogP contribution in [0.4, 0.5) is 5.82 Å². The summed E-state index contributed by atoms with van der Waals surface area (Å²) in [7, 11) is 0. The molecule has 0 bridgehead atoms. The lowest BCUT2D eigenvalue weighted by atomic mass is 10.2. The van der Waals surface area contributed by atoms with Gasteiger partial charge in [-0.05, 0) is 31.0 Å². The first-order chi connectivity index (χ1) is 14.2. The van der Waals surface area contributed by atoms with Crippen LogP contribution in [0.3, 0.4) is 0 Å². The number of aromatic nitrogens is 6. The molecule has 29 heavy (non-hydrogen) atoms. The van der Waals surface area contributed by atoms with E-state index >= 15 is 0 Å². The van der Waals surface area contributed by atoms with Crippen molar-refractivity contribution in [3.8, 4) is 5.69 Å². The fourth-order valence-corrected chi connectivity index (χ4v) is 3.70. The molecule has 9 nitrogen and oxygen atoms in total. The SMILES string of the molecule is Cc1ccccc1-n1ccc(C(=O)NC2CCN(c3nccn4cnnc34)C2)n1. The second-order valence-electron chi connectivity index (χ2n) is 7.15. The zero-order valence-electron chi connectivity index (χ0n) is 15.9. The number of benzene rings is 1. The van der Waals surface area contributed by atoms with Gasteiger partial charge in [0, 0.05) is 37.7 Å². The molecule has 1 amide bonds. The van der Waals surface area contributed by atoms with Crippen molar-refractivity contribution in [2.45, 2.75) is 19.4 Å². The van der Waals surface area contributed by atoms with Gasteiger partial charge in [0.15, 0.2) is 11.5 Å². The Labute approximate surface area is 167 Å². The van der Waals surface area contributed by atoms with Crippen LogP contribution in [-0.4, -0.2) is 54.4 Å². The van der Waals surface area contributed by atoms with E-state index in [1.807, 2.05) is 48.0 Å². The molecule has 0 spiro atoms. The van der Waals surface area contributed by atoms with Crippen molar-refractivity contribution >= 4 is 17.4 Å². The Hall–Kier alpha value is -3.75. The van der Waals surface area contributed by atoms with E-state index < -0.39 is 0 Å². The fourth-order valence-electron chi connectivity index (χ4n) is 3.70. The van der Waals surface area contributed by atoms with Crippen molar-refractivity contribution in [2.75, 3.05) is 18.0 Å². The van der Waals surface area contributed by atoms with Crippen LogP contribution in [0.25, 0.3) is 11.3 Å². The van der Waals surface area contributed by atoms with E-state index in [2.05, 4.69) is 30.5 Å².